The molecule has 0 aliphatic heterocycles. The summed E-state index contributed by atoms with van der Waals surface area (Å²) in [6.45, 7) is 9.84. The van der Waals surface area contributed by atoms with Crippen molar-refractivity contribution in [1.82, 2.24) is 5.32 Å². The Morgan fingerprint density at radius 2 is 2.00 bits per heavy atom. The number of hydrogen-bond donors (Lipinski definition) is 3. The minimum Gasteiger partial charge on any atom is -0.375 e. The van der Waals surface area contributed by atoms with Gasteiger partial charge in [-0.2, -0.15) is 0 Å². The van der Waals surface area contributed by atoms with Gasteiger partial charge in [-0.15, -0.1) is 0 Å². The highest BCUT2D eigenvalue weighted by molar-refractivity contribution is 5.00. The summed E-state index contributed by atoms with van der Waals surface area (Å²) in [4.78, 5) is 0. The first-order chi connectivity index (χ1) is 6.43. The third-order valence-corrected chi connectivity index (χ3v) is 2.04. The van der Waals surface area contributed by atoms with E-state index in [1.165, 1.54) is 0 Å². The molecule has 84 valence electrons. The van der Waals surface area contributed by atoms with Gasteiger partial charge in [0.25, 0.3) is 0 Å². The summed E-state index contributed by atoms with van der Waals surface area (Å²) in [5.74, 6) is 0. The fourth-order valence-corrected chi connectivity index (χ4v) is 1.22. The molecule has 14 heavy (non-hydrogen) atoms. The van der Waals surface area contributed by atoms with E-state index in [-0.39, 0.29) is 12.1 Å². The molecule has 0 saturated carbocycles. The molecule has 2 atom stereocenters. The summed E-state index contributed by atoms with van der Waals surface area (Å²) < 4.78 is 0. The van der Waals surface area contributed by atoms with Gasteiger partial charge in [0.1, 0.15) is 6.23 Å². The zero-order valence-electron chi connectivity index (χ0n) is 9.59. The lowest BCUT2D eigenvalue weighted by molar-refractivity contribution is 0.158. The third-order valence-electron chi connectivity index (χ3n) is 2.04. The largest absolute Gasteiger partial charge is 0.375 e. The van der Waals surface area contributed by atoms with Gasteiger partial charge >= 0.3 is 0 Å². The van der Waals surface area contributed by atoms with Gasteiger partial charge in [-0.1, -0.05) is 6.58 Å². The van der Waals surface area contributed by atoms with Crippen molar-refractivity contribution in [3.8, 4) is 0 Å². The molecule has 0 fully saturated rings. The monoisotopic (exact) mass is 200 g/mol. The molecule has 0 aliphatic carbocycles. The molecule has 3 heteroatoms. The minimum atomic E-state index is -0.580. The first kappa shape index (κ1) is 13.6. The van der Waals surface area contributed by atoms with E-state index in [2.05, 4.69) is 11.9 Å². The fourth-order valence-electron chi connectivity index (χ4n) is 1.22. The fraction of sp³-hybridized carbons (Fsp3) is 0.818. The number of hydrogen-bond acceptors (Lipinski definition) is 3. The Kier molecular flexibility index (Phi) is 6.79. The van der Waals surface area contributed by atoms with E-state index < -0.39 is 6.23 Å². The van der Waals surface area contributed by atoms with E-state index in [9.17, 15) is 5.11 Å². The molecule has 0 aromatic carbocycles. The topological polar surface area (TPSA) is 58.3 Å². The first-order valence-electron chi connectivity index (χ1n) is 5.30. The maximum atomic E-state index is 9.61. The average molecular weight is 200 g/mol. The third kappa shape index (κ3) is 7.06. The van der Waals surface area contributed by atoms with Gasteiger partial charge in [0.2, 0.25) is 0 Å². The lowest BCUT2D eigenvalue weighted by Gasteiger charge is -2.18. The summed E-state index contributed by atoms with van der Waals surface area (Å²) in [6, 6.07) is 0.508. The zero-order chi connectivity index (χ0) is 11.1. The van der Waals surface area contributed by atoms with Gasteiger partial charge in [-0.05, 0) is 45.6 Å². The molecule has 0 heterocycles. The normalized spacial score (nSPS) is 15.6. The maximum Gasteiger partial charge on any atom is 0.126 e. The summed E-state index contributed by atoms with van der Waals surface area (Å²) in [7, 11) is 0. The first-order valence-corrected chi connectivity index (χ1v) is 5.30. The van der Waals surface area contributed by atoms with Crippen molar-refractivity contribution < 1.29 is 5.11 Å². The summed E-state index contributed by atoms with van der Waals surface area (Å²) in [6.07, 6.45) is 2.23. The van der Waals surface area contributed by atoms with Gasteiger partial charge in [0.05, 0.1) is 0 Å². The van der Waals surface area contributed by atoms with Crippen molar-refractivity contribution in [2.45, 2.75) is 58.3 Å². The van der Waals surface area contributed by atoms with Gasteiger partial charge in [0, 0.05) is 12.1 Å². The van der Waals surface area contributed by atoms with E-state index in [0.29, 0.717) is 0 Å². The van der Waals surface area contributed by atoms with Crippen LogP contribution in [0, 0.1) is 0 Å². The van der Waals surface area contributed by atoms with E-state index >= 15 is 0 Å². The Bertz CT molecular complexity index is 167. The Morgan fingerprint density at radius 3 is 2.43 bits per heavy atom. The van der Waals surface area contributed by atoms with Crippen LogP contribution in [0.3, 0.4) is 0 Å². The molecule has 3 nitrogen and oxygen atoms in total. The highest BCUT2D eigenvalue weighted by Crippen LogP contribution is 2.09. The molecule has 0 aromatic heterocycles. The Balaban J connectivity index is 3.62. The molecular formula is C11H24N2O. The number of nitrogens with one attached hydrogen (secondary N) is 1. The Morgan fingerprint density at radius 1 is 1.43 bits per heavy atom. The Labute approximate surface area is 87.4 Å². The molecule has 0 rings (SSSR count). The predicted octanol–water partition coefficient (Wildman–Crippen LogP) is 1.38. The quantitative estimate of drug-likeness (QED) is 0.430. The standard InChI is InChI=1S/C11H24N2O/c1-8(2)13-11(14)9(3)6-5-7-10(4)12/h8,10-11,13-14H,3,5-7,12H2,1-2,4H3. The van der Waals surface area contributed by atoms with Crippen molar-refractivity contribution in [3.05, 3.63) is 12.2 Å². The van der Waals surface area contributed by atoms with Gasteiger partial charge in [0.15, 0.2) is 0 Å². The van der Waals surface area contributed by atoms with E-state index in [0.717, 1.165) is 24.8 Å². The van der Waals surface area contributed by atoms with E-state index in [1.54, 1.807) is 0 Å². The van der Waals surface area contributed by atoms with Crippen LogP contribution in [0.5, 0.6) is 0 Å². The van der Waals surface area contributed by atoms with Crippen LogP contribution in [-0.4, -0.2) is 23.4 Å². The smallest absolute Gasteiger partial charge is 0.126 e. The summed E-state index contributed by atoms with van der Waals surface area (Å²) in [5.41, 5.74) is 6.47. The van der Waals surface area contributed by atoms with Crippen LogP contribution in [0.25, 0.3) is 0 Å². The van der Waals surface area contributed by atoms with Crippen LogP contribution >= 0.6 is 0 Å². The molecule has 0 spiro atoms. The minimum absolute atomic E-state index is 0.234. The maximum absolute atomic E-state index is 9.61. The number of nitrogens with two attached hydrogens (primary N) is 1. The van der Waals surface area contributed by atoms with Crippen LogP contribution in [0.1, 0.15) is 40.0 Å². The number of aliphatic hydroxyl groups excluding tert-OH is 1. The molecule has 0 aromatic rings. The highest BCUT2D eigenvalue weighted by Gasteiger charge is 2.09. The van der Waals surface area contributed by atoms with Crippen molar-refractivity contribution in [2.75, 3.05) is 0 Å². The Hall–Kier alpha value is -0.380. The second kappa shape index (κ2) is 6.98. The molecule has 0 amide bonds. The van der Waals surface area contributed by atoms with Crippen LogP contribution in [0.15, 0.2) is 12.2 Å². The second-order valence-corrected chi connectivity index (χ2v) is 4.25. The SMILES string of the molecule is C=C(CCCC(C)N)C(O)NC(C)C. The van der Waals surface area contributed by atoms with Crippen molar-refractivity contribution in [2.24, 2.45) is 5.73 Å². The van der Waals surface area contributed by atoms with Crippen LogP contribution in [-0.2, 0) is 0 Å². The summed E-state index contributed by atoms with van der Waals surface area (Å²) in [5, 5.41) is 12.6. The van der Waals surface area contributed by atoms with Gasteiger partial charge in [-0.3, -0.25) is 5.32 Å². The number of rotatable bonds is 7. The van der Waals surface area contributed by atoms with Crippen molar-refractivity contribution in [3.63, 3.8) is 0 Å². The second-order valence-electron chi connectivity index (χ2n) is 4.25. The van der Waals surface area contributed by atoms with Crippen LogP contribution in [0.2, 0.25) is 0 Å². The average Bonchev–Trinajstić information content (AvgIpc) is 2.01. The molecule has 0 bridgehead atoms. The molecule has 0 aliphatic rings. The predicted molar refractivity (Wildman–Crippen MR) is 60.9 cm³/mol. The molecule has 0 radical (unpaired) electrons. The highest BCUT2D eigenvalue weighted by atomic mass is 16.3. The summed E-state index contributed by atoms with van der Waals surface area (Å²) >= 11 is 0. The van der Waals surface area contributed by atoms with E-state index in [1.807, 2.05) is 20.8 Å². The van der Waals surface area contributed by atoms with Crippen molar-refractivity contribution in [1.29, 1.82) is 0 Å². The van der Waals surface area contributed by atoms with Gasteiger partial charge < -0.3 is 10.8 Å². The zero-order valence-corrected chi connectivity index (χ0v) is 9.59. The van der Waals surface area contributed by atoms with Crippen LogP contribution < -0.4 is 11.1 Å². The molecular weight excluding hydrogens is 176 g/mol. The van der Waals surface area contributed by atoms with Gasteiger partial charge in [-0.25, -0.2) is 0 Å². The van der Waals surface area contributed by atoms with Crippen LogP contribution in [0.4, 0.5) is 0 Å². The number of aliphatic hydroxyl groups is 1. The lowest BCUT2D eigenvalue weighted by atomic mass is 10.1. The lowest BCUT2D eigenvalue weighted by Crippen LogP contribution is -2.35. The molecule has 4 N–H and O–H groups in total. The van der Waals surface area contributed by atoms with Crippen molar-refractivity contribution >= 4 is 0 Å². The molecule has 2 unspecified atom stereocenters. The van der Waals surface area contributed by atoms with E-state index in [4.69, 9.17) is 5.73 Å². The molecule has 0 saturated heterocycles.